The highest BCUT2D eigenvalue weighted by Crippen LogP contribution is 2.29. The summed E-state index contributed by atoms with van der Waals surface area (Å²) in [6.45, 7) is 0.599. The van der Waals surface area contributed by atoms with Crippen molar-refractivity contribution in [3.8, 4) is 11.8 Å². The number of carbonyl (C=O) groups excluding carboxylic acids is 1. The highest BCUT2D eigenvalue weighted by Gasteiger charge is 2.25. The average molecular weight is 320 g/mol. The molecule has 0 saturated heterocycles. The first kappa shape index (κ1) is 15.6. The lowest BCUT2D eigenvalue weighted by molar-refractivity contribution is -0.139. The van der Waals surface area contributed by atoms with E-state index in [1.807, 2.05) is 30.3 Å². The molecule has 0 spiro atoms. The van der Waals surface area contributed by atoms with Gasteiger partial charge in [0.15, 0.2) is 0 Å². The van der Waals surface area contributed by atoms with Gasteiger partial charge in [-0.25, -0.2) is 0 Å². The van der Waals surface area contributed by atoms with Crippen LogP contribution in [0.2, 0.25) is 0 Å². The number of benzene rings is 2. The van der Waals surface area contributed by atoms with Gasteiger partial charge in [-0.2, -0.15) is 0 Å². The zero-order chi connectivity index (χ0) is 17.1. The van der Waals surface area contributed by atoms with E-state index in [1.165, 1.54) is 0 Å². The number of amides is 1. The summed E-state index contributed by atoms with van der Waals surface area (Å²) >= 11 is 0. The van der Waals surface area contributed by atoms with E-state index < -0.39 is 17.8 Å². The van der Waals surface area contributed by atoms with Crippen molar-refractivity contribution in [2.45, 2.75) is 18.9 Å². The van der Waals surface area contributed by atoms with Gasteiger partial charge in [0.25, 0.3) is 0 Å². The Labute approximate surface area is 139 Å². The third-order valence-corrected chi connectivity index (χ3v) is 4.00. The summed E-state index contributed by atoms with van der Waals surface area (Å²) in [4.78, 5) is 22.8. The minimum absolute atomic E-state index is 0.357. The molecule has 3 rings (SSSR count). The molecule has 1 atom stereocenters. The number of hydrogen-bond acceptors (Lipinski definition) is 3. The van der Waals surface area contributed by atoms with E-state index >= 15 is 0 Å². The van der Waals surface area contributed by atoms with E-state index in [4.69, 9.17) is 10.8 Å². The van der Waals surface area contributed by atoms with Crippen molar-refractivity contribution in [1.82, 2.24) is 0 Å². The molecule has 1 amide bonds. The lowest BCUT2D eigenvalue weighted by atomic mass is 9.89. The topological polar surface area (TPSA) is 92.4 Å². The maximum Gasteiger partial charge on any atom is 0.304 e. The van der Waals surface area contributed by atoms with Crippen LogP contribution < -0.4 is 11.1 Å². The molecule has 1 heterocycles. The summed E-state index contributed by atoms with van der Waals surface area (Å²) in [5, 5.41) is 12.4. The summed E-state index contributed by atoms with van der Waals surface area (Å²) in [5.74, 6) is 3.54. The van der Waals surface area contributed by atoms with Crippen molar-refractivity contribution in [2.24, 2.45) is 5.73 Å². The lowest BCUT2D eigenvalue weighted by Crippen LogP contribution is -2.25. The van der Waals surface area contributed by atoms with Gasteiger partial charge in [-0.15, -0.1) is 0 Å². The average Bonchev–Trinajstić information content (AvgIpc) is 2.54. The summed E-state index contributed by atoms with van der Waals surface area (Å²) in [6.07, 6.45) is -0.357. The standard InChI is InChI=1S/C19H16N2O3/c20-19(24)16(10-18(22)23)14-6-3-7-17-15(14)9-8-12-4-1-2-5-13(12)11-21-17/h1-7,16,21H,10-11H2,(H2,20,24)(H,22,23). The number of rotatable bonds is 4. The molecule has 4 N–H and O–H groups in total. The molecule has 1 aliphatic heterocycles. The summed E-state index contributed by atoms with van der Waals surface area (Å²) in [7, 11) is 0. The van der Waals surface area contributed by atoms with Gasteiger partial charge < -0.3 is 16.2 Å². The second-order valence-electron chi connectivity index (χ2n) is 5.58. The fourth-order valence-corrected chi connectivity index (χ4v) is 2.80. The molecule has 1 unspecified atom stereocenters. The fourth-order valence-electron chi connectivity index (χ4n) is 2.80. The molecule has 5 heteroatoms. The number of fused-ring (bicyclic) bond motifs is 2. The highest BCUT2D eigenvalue weighted by atomic mass is 16.4. The Morgan fingerprint density at radius 3 is 2.71 bits per heavy atom. The highest BCUT2D eigenvalue weighted by molar-refractivity contribution is 5.88. The molecule has 5 nitrogen and oxygen atoms in total. The van der Waals surface area contributed by atoms with Crippen LogP contribution in [0.1, 0.15) is 34.6 Å². The Hall–Kier alpha value is -3.26. The minimum Gasteiger partial charge on any atom is -0.481 e. The maximum absolute atomic E-state index is 11.8. The number of nitrogens with one attached hydrogen (secondary N) is 1. The monoisotopic (exact) mass is 320 g/mol. The number of anilines is 1. The van der Waals surface area contributed by atoms with Crippen LogP contribution >= 0.6 is 0 Å². The molecule has 1 aliphatic rings. The predicted octanol–water partition coefficient (Wildman–Crippen LogP) is 2.06. The molecule has 0 aromatic heterocycles. The van der Waals surface area contributed by atoms with E-state index in [0.29, 0.717) is 17.7 Å². The van der Waals surface area contributed by atoms with Gasteiger partial charge in [0.05, 0.1) is 23.6 Å². The Morgan fingerprint density at radius 2 is 1.96 bits per heavy atom. The van der Waals surface area contributed by atoms with Crippen LogP contribution in [-0.4, -0.2) is 17.0 Å². The summed E-state index contributed by atoms with van der Waals surface area (Å²) in [6, 6.07) is 13.1. The number of aliphatic carboxylic acids is 1. The number of hydrogen-bond donors (Lipinski definition) is 3. The maximum atomic E-state index is 11.8. The van der Waals surface area contributed by atoms with Gasteiger partial charge >= 0.3 is 5.97 Å². The number of carboxylic acids is 1. The smallest absolute Gasteiger partial charge is 0.304 e. The van der Waals surface area contributed by atoms with Crippen molar-refractivity contribution < 1.29 is 14.7 Å². The molecule has 120 valence electrons. The van der Waals surface area contributed by atoms with Crippen molar-refractivity contribution in [1.29, 1.82) is 0 Å². The Kier molecular flexibility index (Phi) is 4.21. The van der Waals surface area contributed by atoms with E-state index in [2.05, 4.69) is 17.2 Å². The number of primary amides is 1. The van der Waals surface area contributed by atoms with Gasteiger partial charge in [0.1, 0.15) is 0 Å². The zero-order valence-corrected chi connectivity index (χ0v) is 12.9. The van der Waals surface area contributed by atoms with Gasteiger partial charge in [0, 0.05) is 12.1 Å². The fraction of sp³-hybridized carbons (Fsp3) is 0.158. The molecular weight excluding hydrogens is 304 g/mol. The van der Waals surface area contributed by atoms with Crippen LogP contribution in [0.15, 0.2) is 42.5 Å². The van der Waals surface area contributed by atoms with Crippen LogP contribution in [0.4, 0.5) is 5.69 Å². The second kappa shape index (κ2) is 6.47. The first-order valence-corrected chi connectivity index (χ1v) is 7.54. The van der Waals surface area contributed by atoms with Gasteiger partial charge in [-0.1, -0.05) is 42.2 Å². The molecule has 0 fully saturated rings. The third-order valence-electron chi connectivity index (χ3n) is 4.00. The Bertz CT molecular complexity index is 878. The SMILES string of the molecule is NC(=O)C(CC(=O)O)c1cccc2c1C#Cc1ccccc1CN2. The first-order chi connectivity index (χ1) is 11.6. The van der Waals surface area contributed by atoms with Crippen LogP contribution in [0.3, 0.4) is 0 Å². The van der Waals surface area contributed by atoms with Gasteiger partial charge in [-0.3, -0.25) is 9.59 Å². The van der Waals surface area contributed by atoms with Crippen molar-refractivity contribution >= 4 is 17.6 Å². The molecular formula is C19H16N2O3. The minimum atomic E-state index is -1.08. The number of carbonyl (C=O) groups is 2. The first-order valence-electron chi connectivity index (χ1n) is 7.54. The molecule has 0 saturated carbocycles. The van der Waals surface area contributed by atoms with E-state index in [1.54, 1.807) is 12.1 Å². The molecule has 2 aromatic rings. The van der Waals surface area contributed by atoms with Crippen LogP contribution in [0, 0.1) is 11.8 Å². The largest absolute Gasteiger partial charge is 0.481 e. The quantitative estimate of drug-likeness (QED) is 0.752. The molecule has 24 heavy (non-hydrogen) atoms. The summed E-state index contributed by atoms with van der Waals surface area (Å²) in [5.41, 5.74) is 9.34. The van der Waals surface area contributed by atoms with Gasteiger partial charge in [-0.05, 0) is 23.3 Å². The molecule has 0 radical (unpaired) electrons. The Morgan fingerprint density at radius 1 is 1.17 bits per heavy atom. The Balaban J connectivity index is 2.13. The van der Waals surface area contributed by atoms with Crippen molar-refractivity contribution in [2.75, 3.05) is 5.32 Å². The molecule has 0 bridgehead atoms. The van der Waals surface area contributed by atoms with Gasteiger partial charge in [0.2, 0.25) is 5.91 Å². The van der Waals surface area contributed by atoms with E-state index in [0.717, 1.165) is 16.8 Å². The van der Waals surface area contributed by atoms with Crippen molar-refractivity contribution in [3.05, 3.63) is 64.7 Å². The molecule has 2 aromatic carbocycles. The van der Waals surface area contributed by atoms with E-state index in [9.17, 15) is 9.59 Å². The second-order valence-corrected chi connectivity index (χ2v) is 5.58. The van der Waals surface area contributed by atoms with Crippen molar-refractivity contribution in [3.63, 3.8) is 0 Å². The summed E-state index contributed by atoms with van der Waals surface area (Å²) < 4.78 is 0. The third kappa shape index (κ3) is 3.08. The van der Waals surface area contributed by atoms with E-state index in [-0.39, 0.29) is 6.42 Å². The van der Waals surface area contributed by atoms with Crippen LogP contribution in [-0.2, 0) is 16.1 Å². The van der Waals surface area contributed by atoms with Crippen LogP contribution in [0.25, 0.3) is 0 Å². The normalized spacial score (nSPS) is 13.0. The predicted molar refractivity (Wildman–Crippen MR) is 90.4 cm³/mol. The lowest BCUT2D eigenvalue weighted by Gasteiger charge is -2.19. The zero-order valence-electron chi connectivity index (χ0n) is 12.9. The number of carboxylic acid groups (broad SMARTS) is 1. The van der Waals surface area contributed by atoms with Crippen LogP contribution in [0.5, 0.6) is 0 Å². The molecule has 0 aliphatic carbocycles. The number of nitrogens with two attached hydrogens (primary N) is 1.